The van der Waals surface area contributed by atoms with Crippen LogP contribution in [-0.4, -0.2) is 68.4 Å². The summed E-state index contributed by atoms with van der Waals surface area (Å²) < 4.78 is 25.4. The lowest BCUT2D eigenvalue weighted by Gasteiger charge is -2.31. The summed E-state index contributed by atoms with van der Waals surface area (Å²) in [7, 11) is -1.62. The van der Waals surface area contributed by atoms with Crippen molar-refractivity contribution in [3.05, 3.63) is 35.9 Å². The van der Waals surface area contributed by atoms with E-state index in [1.54, 1.807) is 18.9 Å². The molecule has 7 nitrogen and oxygen atoms in total. The quantitative estimate of drug-likeness (QED) is 0.577. The van der Waals surface area contributed by atoms with E-state index in [1.807, 2.05) is 44.2 Å². The third-order valence-electron chi connectivity index (χ3n) is 5.71. The van der Waals surface area contributed by atoms with Gasteiger partial charge in [-0.3, -0.25) is 9.59 Å². The van der Waals surface area contributed by atoms with E-state index < -0.39 is 21.9 Å². The molecular weight excluding hydrogens is 402 g/mol. The largest absolute Gasteiger partial charge is 0.343 e. The van der Waals surface area contributed by atoms with Crippen LogP contribution in [-0.2, 0) is 25.8 Å². The lowest BCUT2D eigenvalue weighted by Crippen LogP contribution is -2.56. The lowest BCUT2D eigenvalue weighted by molar-refractivity contribution is -0.138. The number of carbonyl (C=O) groups is 2. The minimum absolute atomic E-state index is 0.0305. The van der Waals surface area contributed by atoms with Gasteiger partial charge in [0.05, 0.1) is 17.5 Å². The van der Waals surface area contributed by atoms with Crippen LogP contribution >= 0.6 is 0 Å². The van der Waals surface area contributed by atoms with E-state index in [9.17, 15) is 18.0 Å². The molecule has 1 aliphatic rings. The first kappa shape index (κ1) is 24.3. The van der Waals surface area contributed by atoms with E-state index in [4.69, 9.17) is 0 Å². The summed E-state index contributed by atoms with van der Waals surface area (Å²) >= 11 is 0. The number of aryl methyl sites for hydroxylation is 1. The van der Waals surface area contributed by atoms with Gasteiger partial charge in [-0.05, 0) is 44.7 Å². The smallest absolute Gasteiger partial charge is 0.245 e. The molecule has 1 aliphatic heterocycles. The van der Waals surface area contributed by atoms with E-state index in [0.717, 1.165) is 12.0 Å². The van der Waals surface area contributed by atoms with Gasteiger partial charge in [0.2, 0.25) is 11.8 Å². The van der Waals surface area contributed by atoms with Gasteiger partial charge in [-0.1, -0.05) is 44.2 Å². The highest BCUT2D eigenvalue weighted by Crippen LogP contribution is 2.22. The highest BCUT2D eigenvalue weighted by Gasteiger charge is 2.37. The highest BCUT2D eigenvalue weighted by molar-refractivity contribution is 7.91. The predicted octanol–water partition coefficient (Wildman–Crippen LogP) is 1.38. The molecule has 1 saturated heterocycles. The molecule has 168 valence electrons. The number of hydrogen-bond acceptors (Lipinski definition) is 5. The van der Waals surface area contributed by atoms with Crippen LogP contribution in [0.5, 0.6) is 0 Å². The number of likely N-dealkylation sites (N-methyl/N-ethyl adjacent to an activating group) is 1. The van der Waals surface area contributed by atoms with E-state index in [0.29, 0.717) is 19.4 Å². The van der Waals surface area contributed by atoms with Crippen LogP contribution in [0.15, 0.2) is 30.3 Å². The molecule has 0 saturated carbocycles. The third kappa shape index (κ3) is 6.80. The van der Waals surface area contributed by atoms with Crippen molar-refractivity contribution < 1.29 is 18.0 Å². The fourth-order valence-corrected chi connectivity index (χ4v) is 5.34. The van der Waals surface area contributed by atoms with Crippen molar-refractivity contribution in [2.24, 2.45) is 5.92 Å². The van der Waals surface area contributed by atoms with Crippen molar-refractivity contribution in [3.63, 3.8) is 0 Å². The van der Waals surface area contributed by atoms with Gasteiger partial charge >= 0.3 is 0 Å². The highest BCUT2D eigenvalue weighted by atomic mass is 32.2. The molecular formula is C22H35N3O4S. The van der Waals surface area contributed by atoms with Crippen LogP contribution in [0.2, 0.25) is 0 Å². The van der Waals surface area contributed by atoms with Gasteiger partial charge < -0.3 is 15.5 Å². The summed E-state index contributed by atoms with van der Waals surface area (Å²) in [6.07, 6.45) is 1.91. The predicted molar refractivity (Wildman–Crippen MR) is 119 cm³/mol. The number of nitrogens with one attached hydrogen (secondary N) is 2. The number of nitrogens with zero attached hydrogens (tertiary/aromatic N) is 1. The number of benzene rings is 1. The SMILES string of the molecule is CN[C@@H](C)C(=O)N[C@H](C(=O)N1CCC[C@H]1CS(=O)(=O)CCc1ccccc1)C(C)C. The molecule has 0 aliphatic carbocycles. The van der Waals surface area contributed by atoms with Crippen LogP contribution in [0.3, 0.4) is 0 Å². The molecule has 3 atom stereocenters. The van der Waals surface area contributed by atoms with Gasteiger partial charge in [0, 0.05) is 12.6 Å². The Kier molecular flexibility index (Phi) is 8.85. The second-order valence-electron chi connectivity index (χ2n) is 8.42. The Hall–Kier alpha value is -1.93. The molecule has 2 N–H and O–H groups in total. The molecule has 1 heterocycles. The zero-order valence-electron chi connectivity index (χ0n) is 18.4. The first-order valence-electron chi connectivity index (χ1n) is 10.7. The van der Waals surface area contributed by atoms with Gasteiger partial charge in [0.1, 0.15) is 6.04 Å². The molecule has 2 rings (SSSR count). The Balaban J connectivity index is 2.03. The summed E-state index contributed by atoms with van der Waals surface area (Å²) in [5.74, 6) is -0.490. The summed E-state index contributed by atoms with van der Waals surface area (Å²) in [6.45, 7) is 6.02. The molecule has 8 heteroatoms. The van der Waals surface area contributed by atoms with E-state index in [1.165, 1.54) is 0 Å². The van der Waals surface area contributed by atoms with Crippen LogP contribution in [0.4, 0.5) is 0 Å². The summed E-state index contributed by atoms with van der Waals surface area (Å²) in [4.78, 5) is 27.2. The minimum Gasteiger partial charge on any atom is -0.343 e. The van der Waals surface area contributed by atoms with Crippen molar-refractivity contribution in [2.75, 3.05) is 25.1 Å². The van der Waals surface area contributed by atoms with Crippen molar-refractivity contribution >= 4 is 21.7 Å². The van der Waals surface area contributed by atoms with Crippen molar-refractivity contribution in [3.8, 4) is 0 Å². The zero-order chi connectivity index (χ0) is 22.3. The minimum atomic E-state index is -3.31. The molecule has 30 heavy (non-hydrogen) atoms. The second-order valence-corrected chi connectivity index (χ2v) is 10.6. The molecule has 0 spiro atoms. The third-order valence-corrected chi connectivity index (χ3v) is 7.43. The Bertz CT molecular complexity index is 811. The number of likely N-dealkylation sites (tertiary alicyclic amines) is 1. The molecule has 0 bridgehead atoms. The van der Waals surface area contributed by atoms with E-state index in [-0.39, 0.29) is 35.3 Å². The van der Waals surface area contributed by atoms with Crippen LogP contribution in [0.25, 0.3) is 0 Å². The lowest BCUT2D eigenvalue weighted by atomic mass is 10.0. The van der Waals surface area contributed by atoms with E-state index >= 15 is 0 Å². The molecule has 0 radical (unpaired) electrons. The van der Waals surface area contributed by atoms with Crippen molar-refractivity contribution in [1.29, 1.82) is 0 Å². The molecule has 1 aromatic carbocycles. The molecule has 0 unspecified atom stereocenters. The van der Waals surface area contributed by atoms with Crippen molar-refractivity contribution in [1.82, 2.24) is 15.5 Å². The van der Waals surface area contributed by atoms with Crippen molar-refractivity contribution in [2.45, 2.75) is 58.2 Å². The average Bonchev–Trinajstić information content (AvgIpc) is 3.17. The van der Waals surface area contributed by atoms with Gasteiger partial charge in [-0.25, -0.2) is 8.42 Å². The summed E-state index contributed by atoms with van der Waals surface area (Å²) in [5.41, 5.74) is 0.988. The number of sulfone groups is 1. The van der Waals surface area contributed by atoms with E-state index in [2.05, 4.69) is 10.6 Å². The number of rotatable bonds is 10. The average molecular weight is 438 g/mol. The Morgan fingerprint density at radius 2 is 1.83 bits per heavy atom. The van der Waals surface area contributed by atoms with Gasteiger partial charge in [-0.15, -0.1) is 0 Å². The molecule has 2 amide bonds. The maximum atomic E-state index is 13.2. The first-order chi connectivity index (χ1) is 14.1. The summed E-state index contributed by atoms with van der Waals surface area (Å²) in [5, 5.41) is 5.70. The standard InChI is InChI=1S/C22H35N3O4S/c1-16(2)20(24-21(26)17(3)23-4)22(27)25-13-8-11-19(25)15-30(28,29)14-12-18-9-6-5-7-10-18/h5-7,9-10,16-17,19-20,23H,8,11-15H2,1-4H3,(H,24,26)/t17-,19-,20-/m0/s1. The number of hydrogen-bond donors (Lipinski definition) is 2. The Labute approximate surface area is 180 Å². The second kappa shape index (κ2) is 10.9. The number of amides is 2. The maximum Gasteiger partial charge on any atom is 0.245 e. The maximum absolute atomic E-state index is 13.2. The normalized spacial score (nSPS) is 19.0. The fourth-order valence-electron chi connectivity index (χ4n) is 3.70. The summed E-state index contributed by atoms with van der Waals surface area (Å²) in [6, 6.07) is 8.13. The monoisotopic (exact) mass is 437 g/mol. The number of carbonyl (C=O) groups excluding carboxylic acids is 2. The fraction of sp³-hybridized carbons (Fsp3) is 0.636. The van der Waals surface area contributed by atoms with Crippen LogP contribution in [0.1, 0.15) is 39.2 Å². The molecule has 1 fully saturated rings. The Morgan fingerprint density at radius 3 is 2.43 bits per heavy atom. The zero-order valence-corrected chi connectivity index (χ0v) is 19.2. The van der Waals surface area contributed by atoms with Gasteiger partial charge in [0.25, 0.3) is 0 Å². The molecule has 1 aromatic rings. The first-order valence-corrected chi connectivity index (χ1v) is 12.5. The Morgan fingerprint density at radius 1 is 1.17 bits per heavy atom. The van der Waals surface area contributed by atoms with Crippen LogP contribution < -0.4 is 10.6 Å². The van der Waals surface area contributed by atoms with Gasteiger partial charge in [0.15, 0.2) is 9.84 Å². The van der Waals surface area contributed by atoms with Crippen LogP contribution in [0, 0.1) is 5.92 Å². The topological polar surface area (TPSA) is 95.6 Å². The molecule has 0 aromatic heterocycles. The van der Waals surface area contributed by atoms with Gasteiger partial charge in [-0.2, -0.15) is 0 Å².